The zero-order valence-corrected chi connectivity index (χ0v) is 40.9. The summed E-state index contributed by atoms with van der Waals surface area (Å²) in [7, 11) is 0. The molecule has 75 heavy (non-hydrogen) atoms. The first-order chi connectivity index (χ1) is 35.3. The van der Waals surface area contributed by atoms with E-state index in [0.29, 0.717) is 0 Å². The van der Waals surface area contributed by atoms with Crippen LogP contribution in [0, 0.1) is 0 Å². The lowest BCUT2D eigenvalue weighted by atomic mass is 9.95. The van der Waals surface area contributed by atoms with Gasteiger partial charge in [-0.05, 0) is 6.92 Å². The van der Waals surface area contributed by atoms with E-state index < -0.39 is 235 Å². The molecule has 0 spiro atoms. The van der Waals surface area contributed by atoms with Crippen LogP contribution in [-0.2, 0) is 61.8 Å². The Bertz CT molecular complexity index is 1800. The van der Waals surface area contributed by atoms with Crippen LogP contribution < -0.4 is 16.0 Å². The highest BCUT2D eigenvalue weighted by Crippen LogP contribution is 2.35. The standard InChI is InChI=1S/C42H73N3O30/c1-11-23(55)29(61)32(64)40(67-11)75-37-30(62)26(58)18(7-48)69-42(37)74-35-19(8-49)70-38(22(28(35)60)45-14(4)53)66-10-16(54)24(56)34(15(5-46)43-12(2)51)72-41-33(65)31(63)36(20(9-50)71-41)73-39-21(44-13(3)52)27(59)25(57)17(6-47)68-39/h11,15-42,46-50,54-65H,5-10H2,1-4H3,(H,43,51)(H,44,52)(H,45,53)/t11-,15-,16+,17+,18+,19+,20+,21+,22+,23+,24-,25+,26-,27+,28+,29+,30-,31+,32-,33+,34+,35+,36-,37+,38+,39-,40-,41-,42-/m0/s1. The van der Waals surface area contributed by atoms with E-state index in [1.165, 1.54) is 6.92 Å². The van der Waals surface area contributed by atoms with Gasteiger partial charge in [0.15, 0.2) is 31.5 Å². The van der Waals surface area contributed by atoms with Crippen LogP contribution in [0.2, 0.25) is 0 Å². The summed E-state index contributed by atoms with van der Waals surface area (Å²) in [4.78, 5) is 36.7. The quantitative estimate of drug-likeness (QED) is 0.0479. The number of hydrogen-bond donors (Lipinski definition) is 20. The predicted octanol–water partition coefficient (Wildman–Crippen LogP) is -13.0. The Labute approximate surface area is 426 Å². The molecule has 5 rings (SSSR count). The van der Waals surface area contributed by atoms with Crippen molar-refractivity contribution in [2.75, 3.05) is 39.6 Å². The number of carbonyl (C=O) groups excluding carboxylic acids is 3. The third-order valence-corrected chi connectivity index (χ3v) is 13.2. The lowest BCUT2D eigenvalue weighted by molar-refractivity contribution is -0.383. The maximum atomic E-state index is 12.5. The van der Waals surface area contributed by atoms with Crippen molar-refractivity contribution in [2.45, 2.75) is 205 Å². The third kappa shape index (κ3) is 14.8. The molecule has 0 aromatic heterocycles. The van der Waals surface area contributed by atoms with E-state index in [2.05, 4.69) is 16.0 Å². The minimum atomic E-state index is -2.29. The summed E-state index contributed by atoms with van der Waals surface area (Å²) in [6.45, 7) is -1.49. The summed E-state index contributed by atoms with van der Waals surface area (Å²) in [5.74, 6) is -2.38. The second-order valence-corrected chi connectivity index (χ2v) is 18.8. The van der Waals surface area contributed by atoms with Crippen LogP contribution in [0.3, 0.4) is 0 Å². The van der Waals surface area contributed by atoms with Crippen LogP contribution in [0.15, 0.2) is 0 Å². The molecule has 20 N–H and O–H groups in total. The average Bonchev–Trinajstić information content (AvgIpc) is 3.37. The molecule has 0 aliphatic carbocycles. The van der Waals surface area contributed by atoms with Gasteiger partial charge in [-0.25, -0.2) is 0 Å². The molecule has 0 saturated carbocycles. The first kappa shape index (κ1) is 63.2. The summed E-state index contributed by atoms with van der Waals surface area (Å²) >= 11 is 0. The molecule has 436 valence electrons. The fourth-order valence-electron chi connectivity index (χ4n) is 9.16. The molecule has 0 radical (unpaired) electrons. The molecule has 3 amide bonds. The van der Waals surface area contributed by atoms with Crippen LogP contribution in [-0.4, -0.2) is 322 Å². The number of nitrogens with one attached hydrogen (secondary N) is 3. The molecule has 0 aromatic rings. The number of aliphatic hydroxyl groups excluding tert-OH is 17. The minimum Gasteiger partial charge on any atom is -0.394 e. The van der Waals surface area contributed by atoms with Crippen molar-refractivity contribution in [3.8, 4) is 0 Å². The van der Waals surface area contributed by atoms with E-state index in [1.54, 1.807) is 0 Å². The number of amides is 3. The maximum Gasteiger partial charge on any atom is 0.217 e. The smallest absolute Gasteiger partial charge is 0.217 e. The molecule has 0 bridgehead atoms. The summed E-state index contributed by atoms with van der Waals surface area (Å²) in [6.07, 6.45) is -48.2. The van der Waals surface area contributed by atoms with Crippen LogP contribution >= 0.6 is 0 Å². The molecule has 0 aromatic carbocycles. The number of carbonyl (C=O) groups is 3. The summed E-state index contributed by atoms with van der Waals surface area (Å²) < 4.78 is 57.2. The molecule has 29 atom stereocenters. The number of hydrogen-bond acceptors (Lipinski definition) is 30. The number of rotatable bonds is 22. The predicted molar refractivity (Wildman–Crippen MR) is 235 cm³/mol. The summed E-state index contributed by atoms with van der Waals surface area (Å²) in [5.41, 5.74) is 0. The Morgan fingerprint density at radius 2 is 0.933 bits per heavy atom. The Morgan fingerprint density at radius 1 is 0.480 bits per heavy atom. The Kier molecular flexibility index (Phi) is 23.5. The topological polar surface area (TPSA) is 524 Å². The average molecular weight is 1100 g/mol. The van der Waals surface area contributed by atoms with Gasteiger partial charge in [-0.15, -0.1) is 0 Å². The Hall–Kier alpha value is -2.67. The van der Waals surface area contributed by atoms with Crippen molar-refractivity contribution in [2.24, 2.45) is 0 Å². The molecule has 5 aliphatic heterocycles. The SMILES string of the molecule is CC(=O)N[C@H]1[C@H](OC[C@@H](O)[C@H](O)[C@H](O[C@@H]2O[C@H](CO)[C@H](O[C@@H]3O[C@H](CO)[C@@H](O)[C@H](O)[C@H]3NC(C)=O)[C@H](O)[C@H]2O)[C@H](CO)NC(C)=O)O[C@H](CO)[C@@H](O[C@@H]2O[C@H](CO)[C@H](O)[C@H](O)[C@H]2O[C@@H]2O[C@@H](C)[C@@H](O)[C@@H](O)[C@@H]2O)[C@@H]1O. The normalized spacial score (nSPS) is 44.2. The minimum absolute atomic E-state index is 0.734. The van der Waals surface area contributed by atoms with Crippen LogP contribution in [0.4, 0.5) is 0 Å². The first-order valence-corrected chi connectivity index (χ1v) is 23.9. The highest BCUT2D eigenvalue weighted by Gasteiger charge is 2.56. The van der Waals surface area contributed by atoms with Gasteiger partial charge in [0.2, 0.25) is 17.7 Å². The lowest BCUT2D eigenvalue weighted by Gasteiger charge is -2.49. The van der Waals surface area contributed by atoms with Gasteiger partial charge in [0.1, 0.15) is 134 Å². The van der Waals surface area contributed by atoms with Crippen molar-refractivity contribution in [1.82, 2.24) is 16.0 Å². The van der Waals surface area contributed by atoms with E-state index in [0.717, 1.165) is 20.8 Å². The molecular formula is C42H73N3O30. The Balaban J connectivity index is 1.33. The molecule has 0 unspecified atom stereocenters. The molecule has 5 fully saturated rings. The molecule has 5 heterocycles. The summed E-state index contributed by atoms with van der Waals surface area (Å²) in [5, 5.41) is 189. The van der Waals surface area contributed by atoms with Crippen molar-refractivity contribution >= 4 is 17.7 Å². The fraction of sp³-hybridized carbons (Fsp3) is 0.929. The van der Waals surface area contributed by atoms with Crippen LogP contribution in [0.25, 0.3) is 0 Å². The zero-order chi connectivity index (χ0) is 55.9. The fourth-order valence-corrected chi connectivity index (χ4v) is 9.16. The Morgan fingerprint density at radius 3 is 1.47 bits per heavy atom. The largest absolute Gasteiger partial charge is 0.394 e. The van der Waals surface area contributed by atoms with E-state index in [9.17, 15) is 101 Å². The van der Waals surface area contributed by atoms with Crippen LogP contribution in [0.5, 0.6) is 0 Å². The lowest BCUT2D eigenvalue weighted by Crippen LogP contribution is -2.68. The van der Waals surface area contributed by atoms with Gasteiger partial charge in [0.25, 0.3) is 0 Å². The van der Waals surface area contributed by atoms with Crippen molar-refractivity contribution in [3.63, 3.8) is 0 Å². The van der Waals surface area contributed by atoms with E-state index in [-0.39, 0.29) is 0 Å². The molecule has 5 saturated heterocycles. The van der Waals surface area contributed by atoms with Gasteiger partial charge >= 0.3 is 0 Å². The second kappa shape index (κ2) is 28.0. The van der Waals surface area contributed by atoms with Crippen molar-refractivity contribution in [1.29, 1.82) is 0 Å². The summed E-state index contributed by atoms with van der Waals surface area (Å²) in [6, 6.07) is -4.92. The van der Waals surface area contributed by atoms with Gasteiger partial charge < -0.3 is 150 Å². The van der Waals surface area contributed by atoms with E-state index in [1.807, 2.05) is 0 Å². The monoisotopic (exact) mass is 1100 g/mol. The molecule has 5 aliphatic rings. The van der Waals surface area contributed by atoms with Gasteiger partial charge in [-0.1, -0.05) is 0 Å². The molecular weight excluding hydrogens is 1030 g/mol. The first-order valence-electron chi connectivity index (χ1n) is 23.9. The number of aliphatic hydroxyl groups is 17. The van der Waals surface area contributed by atoms with Gasteiger partial charge in [0, 0.05) is 20.8 Å². The molecule has 33 heteroatoms. The van der Waals surface area contributed by atoms with E-state index >= 15 is 0 Å². The second-order valence-electron chi connectivity index (χ2n) is 18.8. The van der Waals surface area contributed by atoms with Gasteiger partial charge in [0.05, 0.1) is 51.8 Å². The van der Waals surface area contributed by atoms with Gasteiger partial charge in [-0.3, -0.25) is 14.4 Å². The maximum absolute atomic E-state index is 12.5. The highest BCUT2D eigenvalue weighted by atomic mass is 16.8. The zero-order valence-electron chi connectivity index (χ0n) is 40.9. The van der Waals surface area contributed by atoms with Gasteiger partial charge in [-0.2, -0.15) is 0 Å². The van der Waals surface area contributed by atoms with Crippen LogP contribution in [0.1, 0.15) is 27.7 Å². The highest BCUT2D eigenvalue weighted by molar-refractivity contribution is 5.74. The van der Waals surface area contributed by atoms with Crippen molar-refractivity contribution in [3.05, 3.63) is 0 Å². The number of ether oxygens (including phenoxy) is 10. The third-order valence-electron chi connectivity index (χ3n) is 13.2. The van der Waals surface area contributed by atoms with E-state index in [4.69, 9.17) is 47.4 Å². The molecule has 33 nitrogen and oxygen atoms in total. The van der Waals surface area contributed by atoms with Crippen molar-refractivity contribution < 1.29 is 149 Å².